The Balaban J connectivity index is 1.67. The maximum absolute atomic E-state index is 14.7. The molecular weight excluding hydrogens is 472 g/mol. The molecule has 2 fully saturated rings. The van der Waals surface area contributed by atoms with Gasteiger partial charge in [-0.05, 0) is 25.8 Å². The van der Waals surface area contributed by atoms with E-state index in [-0.39, 0.29) is 42.5 Å². The van der Waals surface area contributed by atoms with Crippen LogP contribution in [0.5, 0.6) is 0 Å². The second-order valence-corrected chi connectivity index (χ2v) is 8.70. The quantitative estimate of drug-likeness (QED) is 0.543. The van der Waals surface area contributed by atoms with Gasteiger partial charge >= 0.3 is 0 Å². The van der Waals surface area contributed by atoms with E-state index >= 15 is 0 Å². The summed E-state index contributed by atoms with van der Waals surface area (Å²) in [6.07, 6.45) is -0.246. The van der Waals surface area contributed by atoms with Crippen LogP contribution in [0.1, 0.15) is 59.1 Å². The number of halogens is 4. The second kappa shape index (κ2) is 9.50. The van der Waals surface area contributed by atoms with Crippen molar-refractivity contribution in [3.8, 4) is 0 Å². The molecule has 2 heterocycles. The van der Waals surface area contributed by atoms with Crippen LogP contribution < -0.4 is 10.6 Å². The van der Waals surface area contributed by atoms with Crippen LogP contribution in [0.3, 0.4) is 0 Å². The van der Waals surface area contributed by atoms with Crippen LogP contribution in [0.25, 0.3) is 0 Å². The van der Waals surface area contributed by atoms with Gasteiger partial charge in [-0.25, -0.2) is 27.5 Å². The van der Waals surface area contributed by atoms with E-state index in [2.05, 4.69) is 20.6 Å². The Bertz CT molecular complexity index is 1150. The fourth-order valence-corrected chi connectivity index (χ4v) is 3.80. The van der Waals surface area contributed by atoms with Crippen LogP contribution in [-0.2, 0) is 26.6 Å². The summed E-state index contributed by atoms with van der Waals surface area (Å²) in [6, 6.07) is 3.11. The van der Waals surface area contributed by atoms with Crippen LogP contribution in [0, 0.1) is 12.7 Å². The molecule has 1 aliphatic carbocycles. The van der Waals surface area contributed by atoms with Crippen molar-refractivity contribution >= 4 is 17.6 Å². The van der Waals surface area contributed by atoms with Gasteiger partial charge in [-0.15, -0.1) is 0 Å². The van der Waals surface area contributed by atoms with Crippen LogP contribution >= 0.6 is 0 Å². The van der Waals surface area contributed by atoms with Crippen molar-refractivity contribution < 1.29 is 36.6 Å². The van der Waals surface area contributed by atoms with E-state index in [4.69, 9.17) is 9.47 Å². The average molecular weight is 496 g/mol. The lowest BCUT2D eigenvalue weighted by molar-refractivity contribution is -0.121. The highest BCUT2D eigenvalue weighted by Gasteiger charge is 2.44. The minimum Gasteiger partial charge on any atom is -0.348 e. The number of carbonyl (C=O) groups is 2. The third-order valence-electron chi connectivity index (χ3n) is 5.78. The monoisotopic (exact) mass is 496 g/mol. The van der Waals surface area contributed by atoms with Crippen LogP contribution in [0.2, 0.25) is 0 Å². The molecule has 0 unspecified atom stereocenters. The average Bonchev–Trinajstić information content (AvgIpc) is 3.33. The zero-order valence-electron chi connectivity index (χ0n) is 19.1. The summed E-state index contributed by atoms with van der Waals surface area (Å²) in [4.78, 5) is 34.0. The van der Waals surface area contributed by atoms with Crippen LogP contribution in [-0.4, -0.2) is 47.2 Å². The van der Waals surface area contributed by atoms with E-state index in [9.17, 15) is 27.2 Å². The molecule has 4 rings (SSSR count). The molecule has 0 spiro atoms. The normalized spacial score (nSPS) is 17.3. The van der Waals surface area contributed by atoms with Crippen LogP contribution in [0.4, 0.5) is 23.4 Å². The highest BCUT2D eigenvalue weighted by molar-refractivity contribution is 6.04. The number of benzene rings is 1. The van der Waals surface area contributed by atoms with Gasteiger partial charge < -0.3 is 20.1 Å². The molecule has 0 radical (unpaired) electrons. The summed E-state index contributed by atoms with van der Waals surface area (Å²) in [5.41, 5.74) is -2.09. The Labute approximate surface area is 198 Å². The van der Waals surface area contributed by atoms with Crippen LogP contribution in [0.15, 0.2) is 18.2 Å². The third kappa shape index (κ3) is 5.43. The zero-order valence-corrected chi connectivity index (χ0v) is 19.1. The molecule has 2 aliphatic rings. The molecular formula is C23H24F4N4O4. The largest absolute Gasteiger partial charge is 0.348 e. The maximum atomic E-state index is 14.7. The van der Waals surface area contributed by atoms with Crippen molar-refractivity contribution in [2.75, 3.05) is 25.2 Å². The van der Waals surface area contributed by atoms with E-state index in [0.29, 0.717) is 19.8 Å². The third-order valence-corrected chi connectivity index (χ3v) is 5.78. The van der Waals surface area contributed by atoms with Crippen molar-refractivity contribution in [2.45, 2.75) is 50.9 Å². The van der Waals surface area contributed by atoms with E-state index in [0.717, 1.165) is 18.2 Å². The summed E-state index contributed by atoms with van der Waals surface area (Å²) in [5, 5.41) is 5.08. The Kier molecular flexibility index (Phi) is 6.78. The summed E-state index contributed by atoms with van der Waals surface area (Å²) in [7, 11) is 0. The van der Waals surface area contributed by atoms with Gasteiger partial charge in [0.25, 0.3) is 11.8 Å². The molecule has 2 aromatic rings. The first-order chi connectivity index (χ1) is 16.5. The van der Waals surface area contributed by atoms with E-state index < -0.39 is 53.2 Å². The number of nitrogens with one attached hydrogen (secondary N) is 2. The first kappa shape index (κ1) is 25.0. The van der Waals surface area contributed by atoms with E-state index in [1.54, 1.807) is 0 Å². The number of hydrogen-bond donors (Lipinski definition) is 2. The van der Waals surface area contributed by atoms with Gasteiger partial charge in [-0.3, -0.25) is 9.59 Å². The van der Waals surface area contributed by atoms with E-state index in [1.165, 1.54) is 6.92 Å². The summed E-state index contributed by atoms with van der Waals surface area (Å²) in [5.74, 6) is -6.32. The van der Waals surface area contributed by atoms with Gasteiger partial charge in [-0.2, -0.15) is 0 Å². The molecule has 2 N–H and O–H groups in total. The van der Waals surface area contributed by atoms with Crippen molar-refractivity contribution in [2.24, 2.45) is 0 Å². The Morgan fingerprint density at radius 3 is 2.49 bits per heavy atom. The molecule has 188 valence electrons. The number of hydrogen-bond acceptors (Lipinski definition) is 6. The zero-order chi connectivity index (χ0) is 25.4. The molecule has 1 aliphatic heterocycles. The number of nitrogens with zero attached hydrogens (tertiary/aromatic N) is 2. The molecule has 0 bridgehead atoms. The number of rotatable bonds is 8. The number of alkyl halides is 3. The van der Waals surface area contributed by atoms with Gasteiger partial charge in [0.2, 0.25) is 5.91 Å². The Morgan fingerprint density at radius 1 is 1.20 bits per heavy atom. The standard InChI is InChI=1S/C23H24F4N4O4/c1-12-28-15(10-16(32)31-23(11-24)6-7-23)17(21-34-8-9-35-21)19(29-12)30-20(33)13-4-3-5-14(18(13)25)22(2,26)27/h3-5,21H,6-11H2,1-2H3,(H,31,32)(H,28,29,30,33). The van der Waals surface area contributed by atoms with Gasteiger partial charge in [0.1, 0.15) is 24.1 Å². The predicted molar refractivity (Wildman–Crippen MR) is 115 cm³/mol. The lowest BCUT2D eigenvalue weighted by atomic mass is 10.0. The smallest absolute Gasteiger partial charge is 0.273 e. The fraction of sp³-hybridized carbons (Fsp3) is 0.478. The molecule has 2 amide bonds. The number of aromatic nitrogens is 2. The minimum absolute atomic E-state index is 0.114. The lowest BCUT2D eigenvalue weighted by Crippen LogP contribution is -2.39. The first-order valence-corrected chi connectivity index (χ1v) is 11.0. The number of carbonyl (C=O) groups excluding carboxylic acids is 2. The Hall–Kier alpha value is -3.12. The minimum atomic E-state index is -3.50. The highest BCUT2D eigenvalue weighted by Crippen LogP contribution is 2.36. The second-order valence-electron chi connectivity index (χ2n) is 8.70. The van der Waals surface area contributed by atoms with Crippen molar-refractivity contribution in [3.05, 3.63) is 52.2 Å². The van der Waals surface area contributed by atoms with Gasteiger partial charge in [-0.1, -0.05) is 12.1 Å². The lowest BCUT2D eigenvalue weighted by Gasteiger charge is -2.20. The molecule has 8 nitrogen and oxygen atoms in total. The summed E-state index contributed by atoms with van der Waals surface area (Å²) in [6.45, 7) is 1.81. The highest BCUT2D eigenvalue weighted by atomic mass is 19.3. The number of aryl methyl sites for hydroxylation is 1. The molecule has 12 heteroatoms. The summed E-state index contributed by atoms with van der Waals surface area (Å²) >= 11 is 0. The van der Waals surface area contributed by atoms with Gasteiger partial charge in [0, 0.05) is 6.92 Å². The first-order valence-electron chi connectivity index (χ1n) is 11.0. The number of amides is 2. The summed E-state index contributed by atoms with van der Waals surface area (Å²) < 4.78 is 66.5. The van der Waals surface area contributed by atoms with Crippen molar-refractivity contribution in [1.29, 1.82) is 0 Å². The molecule has 1 saturated heterocycles. The molecule has 0 atom stereocenters. The predicted octanol–water partition coefficient (Wildman–Crippen LogP) is 3.49. The van der Waals surface area contributed by atoms with E-state index in [1.807, 2.05) is 0 Å². The molecule has 1 aromatic carbocycles. The molecule has 1 saturated carbocycles. The van der Waals surface area contributed by atoms with Gasteiger partial charge in [0.05, 0.1) is 47.6 Å². The number of ether oxygens (including phenoxy) is 2. The molecule has 35 heavy (non-hydrogen) atoms. The van der Waals surface area contributed by atoms with Crippen molar-refractivity contribution in [1.82, 2.24) is 15.3 Å². The Morgan fingerprint density at radius 2 is 1.89 bits per heavy atom. The molecule has 1 aromatic heterocycles. The SMILES string of the molecule is Cc1nc(CC(=O)NC2(CF)CC2)c(C2OCCO2)c(NC(=O)c2cccc(C(C)(F)F)c2F)n1. The van der Waals surface area contributed by atoms with Crippen molar-refractivity contribution in [3.63, 3.8) is 0 Å². The van der Waals surface area contributed by atoms with Gasteiger partial charge in [0.15, 0.2) is 6.29 Å². The topological polar surface area (TPSA) is 102 Å². The fourth-order valence-electron chi connectivity index (χ4n) is 3.80. The number of anilines is 1. The maximum Gasteiger partial charge on any atom is 0.273 e.